The summed E-state index contributed by atoms with van der Waals surface area (Å²) in [5, 5.41) is 3.78. The van der Waals surface area contributed by atoms with Gasteiger partial charge in [-0.25, -0.2) is 0 Å². The van der Waals surface area contributed by atoms with Gasteiger partial charge in [-0.05, 0) is 48.7 Å². The fraction of sp³-hybridized carbons (Fsp3) is 0.100. The summed E-state index contributed by atoms with van der Waals surface area (Å²) in [5.41, 5.74) is 10.7. The van der Waals surface area contributed by atoms with Crippen molar-refractivity contribution in [3.05, 3.63) is 65.9 Å². The van der Waals surface area contributed by atoms with Gasteiger partial charge < -0.3 is 16.0 Å². The molecule has 2 aromatic carbocycles. The summed E-state index contributed by atoms with van der Waals surface area (Å²) in [6, 6.07) is 11.2. The van der Waals surface area contributed by atoms with Gasteiger partial charge in [0.15, 0.2) is 0 Å². The number of fused-ring (bicyclic) bond motifs is 1. The molecule has 0 spiro atoms. The predicted octanol–water partition coefficient (Wildman–Crippen LogP) is 3.76. The summed E-state index contributed by atoms with van der Waals surface area (Å²) in [6.07, 6.45) is 1.78. The Labute approximate surface area is 145 Å². The highest BCUT2D eigenvalue weighted by Crippen LogP contribution is 2.34. The van der Waals surface area contributed by atoms with E-state index >= 15 is 0 Å². The molecule has 0 saturated heterocycles. The predicted molar refractivity (Wildman–Crippen MR) is 100 cm³/mol. The summed E-state index contributed by atoms with van der Waals surface area (Å²) in [5.74, 6) is -0.686. The molecule has 0 unspecified atom stereocenters. The Morgan fingerprint density at radius 3 is 2.56 bits per heavy atom. The van der Waals surface area contributed by atoms with Gasteiger partial charge in [0.05, 0.1) is 11.1 Å². The third kappa shape index (κ3) is 2.92. The summed E-state index contributed by atoms with van der Waals surface area (Å²) < 4.78 is 0. The zero-order chi connectivity index (χ0) is 18.1. The van der Waals surface area contributed by atoms with Crippen LogP contribution >= 0.6 is 0 Å². The van der Waals surface area contributed by atoms with Crippen LogP contribution in [0, 0.1) is 6.92 Å². The van der Waals surface area contributed by atoms with Gasteiger partial charge in [-0.1, -0.05) is 24.8 Å². The SMILES string of the molecule is C=C(C)C(=O)Nc1cccc(-c2ccc(C(N)=O)c3[nH]ccc23)c1C. The molecule has 5 nitrogen and oxygen atoms in total. The number of benzene rings is 2. The molecule has 0 radical (unpaired) electrons. The minimum Gasteiger partial charge on any atom is -0.366 e. The van der Waals surface area contributed by atoms with E-state index in [0.29, 0.717) is 16.7 Å². The van der Waals surface area contributed by atoms with Crippen molar-refractivity contribution in [1.29, 1.82) is 0 Å². The summed E-state index contributed by atoms with van der Waals surface area (Å²) in [6.45, 7) is 7.28. The van der Waals surface area contributed by atoms with E-state index in [1.807, 2.05) is 37.3 Å². The van der Waals surface area contributed by atoms with E-state index in [1.165, 1.54) is 0 Å². The lowest BCUT2D eigenvalue weighted by molar-refractivity contribution is -0.112. The van der Waals surface area contributed by atoms with Crippen LogP contribution in [0.1, 0.15) is 22.8 Å². The van der Waals surface area contributed by atoms with Crippen molar-refractivity contribution >= 4 is 28.4 Å². The van der Waals surface area contributed by atoms with Crippen LogP contribution in [0.4, 0.5) is 5.69 Å². The Kier molecular flexibility index (Phi) is 4.15. The molecule has 1 aromatic heterocycles. The lowest BCUT2D eigenvalue weighted by Gasteiger charge is -2.14. The molecule has 0 saturated carbocycles. The lowest BCUT2D eigenvalue weighted by Crippen LogP contribution is -2.13. The topological polar surface area (TPSA) is 88.0 Å². The maximum Gasteiger partial charge on any atom is 0.250 e. The second-order valence-electron chi connectivity index (χ2n) is 6.00. The Hall–Kier alpha value is -3.34. The molecular weight excluding hydrogens is 314 g/mol. The van der Waals surface area contributed by atoms with Crippen molar-refractivity contribution < 1.29 is 9.59 Å². The van der Waals surface area contributed by atoms with Crippen LogP contribution in [-0.2, 0) is 4.79 Å². The van der Waals surface area contributed by atoms with Gasteiger partial charge in [-0.3, -0.25) is 9.59 Å². The number of rotatable bonds is 4. The minimum absolute atomic E-state index is 0.212. The second-order valence-corrected chi connectivity index (χ2v) is 6.00. The first-order valence-electron chi connectivity index (χ1n) is 7.87. The number of nitrogens with two attached hydrogens (primary N) is 1. The number of hydrogen-bond donors (Lipinski definition) is 3. The highest BCUT2D eigenvalue weighted by molar-refractivity contribution is 6.10. The number of aromatic nitrogens is 1. The molecule has 0 aliphatic heterocycles. The van der Waals surface area contributed by atoms with E-state index in [4.69, 9.17) is 5.73 Å². The van der Waals surface area contributed by atoms with E-state index in [9.17, 15) is 9.59 Å². The fourth-order valence-corrected chi connectivity index (χ4v) is 2.89. The van der Waals surface area contributed by atoms with Crippen molar-refractivity contribution in [2.24, 2.45) is 5.73 Å². The van der Waals surface area contributed by atoms with E-state index in [-0.39, 0.29) is 5.91 Å². The molecule has 126 valence electrons. The molecule has 25 heavy (non-hydrogen) atoms. The van der Waals surface area contributed by atoms with Crippen LogP contribution < -0.4 is 11.1 Å². The number of aromatic amines is 1. The number of hydrogen-bond acceptors (Lipinski definition) is 2. The monoisotopic (exact) mass is 333 g/mol. The number of anilines is 1. The van der Waals surface area contributed by atoms with Gasteiger partial charge in [0.2, 0.25) is 0 Å². The van der Waals surface area contributed by atoms with E-state index in [0.717, 1.165) is 27.8 Å². The van der Waals surface area contributed by atoms with Crippen molar-refractivity contribution in [3.8, 4) is 11.1 Å². The van der Waals surface area contributed by atoms with Gasteiger partial charge in [0.25, 0.3) is 11.8 Å². The number of nitrogens with one attached hydrogen (secondary N) is 2. The third-order valence-corrected chi connectivity index (χ3v) is 4.25. The first-order valence-corrected chi connectivity index (χ1v) is 7.87. The van der Waals surface area contributed by atoms with Crippen LogP contribution in [-0.4, -0.2) is 16.8 Å². The number of amides is 2. The molecule has 1 heterocycles. The van der Waals surface area contributed by atoms with Crippen molar-refractivity contribution in [2.45, 2.75) is 13.8 Å². The molecule has 3 rings (SSSR count). The first kappa shape index (κ1) is 16.5. The van der Waals surface area contributed by atoms with Crippen LogP contribution in [0.25, 0.3) is 22.0 Å². The van der Waals surface area contributed by atoms with Crippen LogP contribution in [0.5, 0.6) is 0 Å². The number of carbonyl (C=O) groups excluding carboxylic acids is 2. The Morgan fingerprint density at radius 1 is 1.12 bits per heavy atom. The van der Waals surface area contributed by atoms with Gasteiger partial charge >= 0.3 is 0 Å². The first-order chi connectivity index (χ1) is 11.9. The standard InChI is InChI=1S/C20H19N3O2/c1-11(2)20(25)23-17-6-4-5-13(12(17)3)14-7-8-16(19(21)24)18-15(14)9-10-22-18/h4-10,22H,1H2,2-3H3,(H2,21,24)(H,23,25). The van der Waals surface area contributed by atoms with Gasteiger partial charge in [0.1, 0.15) is 0 Å². The van der Waals surface area contributed by atoms with E-state index in [1.54, 1.807) is 19.2 Å². The van der Waals surface area contributed by atoms with E-state index < -0.39 is 5.91 Å². The molecule has 4 N–H and O–H groups in total. The van der Waals surface area contributed by atoms with E-state index in [2.05, 4.69) is 16.9 Å². The summed E-state index contributed by atoms with van der Waals surface area (Å²) >= 11 is 0. The maximum atomic E-state index is 11.9. The number of carbonyl (C=O) groups is 2. The second kappa shape index (κ2) is 6.28. The minimum atomic E-state index is -0.474. The average Bonchev–Trinajstić information content (AvgIpc) is 3.05. The van der Waals surface area contributed by atoms with Gasteiger partial charge in [-0.2, -0.15) is 0 Å². The van der Waals surface area contributed by atoms with Gasteiger partial charge in [-0.15, -0.1) is 0 Å². The fourth-order valence-electron chi connectivity index (χ4n) is 2.89. The largest absolute Gasteiger partial charge is 0.366 e. The van der Waals surface area contributed by atoms with Crippen molar-refractivity contribution in [2.75, 3.05) is 5.32 Å². The lowest BCUT2D eigenvalue weighted by atomic mass is 9.94. The van der Waals surface area contributed by atoms with Crippen LogP contribution in [0.15, 0.2) is 54.7 Å². The molecule has 0 bridgehead atoms. The zero-order valence-electron chi connectivity index (χ0n) is 14.1. The summed E-state index contributed by atoms with van der Waals surface area (Å²) in [4.78, 5) is 26.6. The smallest absolute Gasteiger partial charge is 0.250 e. The molecule has 5 heteroatoms. The normalized spacial score (nSPS) is 10.6. The molecular formula is C20H19N3O2. The van der Waals surface area contributed by atoms with Crippen LogP contribution in [0.2, 0.25) is 0 Å². The highest BCUT2D eigenvalue weighted by Gasteiger charge is 2.15. The zero-order valence-corrected chi connectivity index (χ0v) is 14.1. The number of primary amides is 1. The Bertz CT molecular complexity index is 1010. The van der Waals surface area contributed by atoms with Gasteiger partial charge in [0, 0.05) is 22.8 Å². The highest BCUT2D eigenvalue weighted by atomic mass is 16.2. The maximum absolute atomic E-state index is 11.9. The molecule has 0 atom stereocenters. The van der Waals surface area contributed by atoms with Crippen LogP contribution in [0.3, 0.4) is 0 Å². The Morgan fingerprint density at radius 2 is 1.88 bits per heavy atom. The Balaban J connectivity index is 2.15. The molecule has 0 aliphatic carbocycles. The van der Waals surface area contributed by atoms with Crippen molar-refractivity contribution in [3.63, 3.8) is 0 Å². The molecule has 0 aliphatic rings. The summed E-state index contributed by atoms with van der Waals surface area (Å²) in [7, 11) is 0. The average molecular weight is 333 g/mol. The third-order valence-electron chi connectivity index (χ3n) is 4.25. The van der Waals surface area contributed by atoms with Crippen molar-refractivity contribution in [1.82, 2.24) is 4.98 Å². The molecule has 2 amide bonds. The molecule has 0 fully saturated rings. The number of H-pyrrole nitrogens is 1. The quantitative estimate of drug-likeness (QED) is 0.635. The molecule has 3 aromatic rings.